The van der Waals surface area contributed by atoms with Gasteiger partial charge in [0.05, 0.1) is 0 Å². The molecule has 0 bridgehead atoms. The first-order valence-corrected chi connectivity index (χ1v) is 6.50. The molecule has 0 unspecified atom stereocenters. The third-order valence-electron chi connectivity index (χ3n) is 3.15. The first kappa shape index (κ1) is 13.9. The number of hydrogen-bond acceptors (Lipinski definition) is 4. The first-order chi connectivity index (χ1) is 10.6. The fourth-order valence-corrected chi connectivity index (χ4v) is 2.03. The molecule has 0 spiro atoms. The normalized spacial score (nSPS) is 10.7. The lowest BCUT2D eigenvalue weighted by molar-refractivity contribution is 0.101. The minimum atomic E-state index is -0.675. The van der Waals surface area contributed by atoms with Crippen molar-refractivity contribution in [3.05, 3.63) is 48.3 Å². The van der Waals surface area contributed by atoms with Crippen LogP contribution >= 0.6 is 0 Å². The molecular weight excluding hydrogens is 287 g/mol. The molecular formula is C14H13FN6O. The van der Waals surface area contributed by atoms with Gasteiger partial charge in [0.2, 0.25) is 0 Å². The van der Waals surface area contributed by atoms with Gasteiger partial charge >= 0.3 is 0 Å². The Bertz CT molecular complexity index is 837. The lowest BCUT2D eigenvalue weighted by atomic mass is 10.3. The molecule has 0 fully saturated rings. The zero-order valence-electron chi connectivity index (χ0n) is 12.0. The summed E-state index contributed by atoms with van der Waals surface area (Å²) in [5, 5.41) is 6.88. The Morgan fingerprint density at radius 1 is 1.27 bits per heavy atom. The van der Waals surface area contributed by atoms with Crippen molar-refractivity contribution in [3.8, 4) is 11.5 Å². The number of nitrogens with zero attached hydrogens (tertiary/aromatic N) is 5. The number of hydrogen-bond donors (Lipinski definition) is 1. The number of aryl methyl sites for hydroxylation is 2. The van der Waals surface area contributed by atoms with Crippen LogP contribution in [0.4, 0.5) is 10.2 Å². The highest BCUT2D eigenvalue weighted by molar-refractivity contribution is 6.02. The Morgan fingerprint density at radius 2 is 2.09 bits per heavy atom. The summed E-state index contributed by atoms with van der Waals surface area (Å²) < 4.78 is 16.9. The number of carbonyl (C=O) groups excluding carboxylic acids is 1. The van der Waals surface area contributed by atoms with Gasteiger partial charge in [-0.2, -0.15) is 5.10 Å². The zero-order valence-corrected chi connectivity index (χ0v) is 12.0. The Labute approximate surface area is 125 Å². The number of anilines is 1. The van der Waals surface area contributed by atoms with Gasteiger partial charge < -0.3 is 9.88 Å². The van der Waals surface area contributed by atoms with Crippen molar-refractivity contribution in [1.82, 2.24) is 24.3 Å². The molecule has 0 aliphatic carbocycles. The summed E-state index contributed by atoms with van der Waals surface area (Å²) in [4.78, 5) is 20.0. The summed E-state index contributed by atoms with van der Waals surface area (Å²) in [5.41, 5.74) is 0.342. The minimum absolute atomic E-state index is 0.262. The fraction of sp³-hybridized carbons (Fsp3) is 0.143. The van der Waals surface area contributed by atoms with Crippen LogP contribution in [0.5, 0.6) is 0 Å². The van der Waals surface area contributed by atoms with E-state index in [1.807, 2.05) is 11.6 Å². The molecule has 0 aliphatic rings. The summed E-state index contributed by atoms with van der Waals surface area (Å²) in [6, 6.07) is 4.28. The minimum Gasteiger partial charge on any atom is -0.333 e. The van der Waals surface area contributed by atoms with Gasteiger partial charge in [0.15, 0.2) is 17.3 Å². The molecule has 0 saturated heterocycles. The Morgan fingerprint density at radius 3 is 2.77 bits per heavy atom. The van der Waals surface area contributed by atoms with Crippen LogP contribution in [0.15, 0.2) is 36.8 Å². The van der Waals surface area contributed by atoms with Crippen molar-refractivity contribution in [3.63, 3.8) is 0 Å². The van der Waals surface area contributed by atoms with Crippen molar-refractivity contribution in [1.29, 1.82) is 0 Å². The van der Waals surface area contributed by atoms with E-state index in [4.69, 9.17) is 0 Å². The Kier molecular flexibility index (Phi) is 3.42. The van der Waals surface area contributed by atoms with Crippen LogP contribution in [0.25, 0.3) is 11.5 Å². The van der Waals surface area contributed by atoms with Crippen LogP contribution < -0.4 is 5.32 Å². The van der Waals surface area contributed by atoms with Crippen molar-refractivity contribution in [2.24, 2.45) is 14.1 Å². The van der Waals surface area contributed by atoms with Crippen LogP contribution in [-0.4, -0.2) is 30.2 Å². The van der Waals surface area contributed by atoms with E-state index in [0.29, 0.717) is 17.3 Å². The van der Waals surface area contributed by atoms with Gasteiger partial charge in [-0.25, -0.2) is 14.4 Å². The quantitative estimate of drug-likeness (QED) is 0.797. The van der Waals surface area contributed by atoms with Crippen LogP contribution in [0, 0.1) is 5.82 Å². The fourth-order valence-electron chi connectivity index (χ4n) is 2.03. The molecule has 3 aromatic rings. The standard InChI is InChI=1S/C14H13FN6O/c1-20-7-6-17-13(20)10-8-11(21(2)19-10)18-14(22)12-9(15)4-3-5-16-12/h3-8H,1-2H3,(H,18,22). The average Bonchev–Trinajstić information content (AvgIpc) is 3.06. The number of aromatic nitrogens is 5. The highest BCUT2D eigenvalue weighted by Crippen LogP contribution is 2.19. The number of halogens is 1. The lowest BCUT2D eigenvalue weighted by Crippen LogP contribution is -2.17. The van der Waals surface area contributed by atoms with Gasteiger partial charge in [0, 0.05) is 38.8 Å². The second-order valence-electron chi connectivity index (χ2n) is 4.69. The van der Waals surface area contributed by atoms with Crippen LogP contribution in [0.2, 0.25) is 0 Å². The summed E-state index contributed by atoms with van der Waals surface area (Å²) in [7, 11) is 3.52. The monoisotopic (exact) mass is 300 g/mol. The van der Waals surface area contributed by atoms with E-state index in [2.05, 4.69) is 20.4 Å². The summed E-state index contributed by atoms with van der Waals surface area (Å²) in [6.45, 7) is 0. The molecule has 0 atom stereocenters. The molecule has 0 aliphatic heterocycles. The number of pyridine rings is 1. The van der Waals surface area contributed by atoms with Gasteiger partial charge in [0.1, 0.15) is 11.5 Å². The van der Waals surface area contributed by atoms with E-state index in [0.717, 1.165) is 0 Å². The Hall–Kier alpha value is -3.03. The van der Waals surface area contributed by atoms with Crippen LogP contribution in [0.3, 0.4) is 0 Å². The zero-order chi connectivity index (χ0) is 15.7. The molecule has 3 heterocycles. The molecule has 1 N–H and O–H groups in total. The predicted molar refractivity (Wildman–Crippen MR) is 77.6 cm³/mol. The molecule has 1 amide bonds. The van der Waals surface area contributed by atoms with E-state index >= 15 is 0 Å². The van der Waals surface area contributed by atoms with Gasteiger partial charge in [-0.3, -0.25) is 9.48 Å². The van der Waals surface area contributed by atoms with Crippen molar-refractivity contribution < 1.29 is 9.18 Å². The highest BCUT2D eigenvalue weighted by Gasteiger charge is 2.16. The predicted octanol–water partition coefficient (Wildman–Crippen LogP) is 1.61. The van der Waals surface area contributed by atoms with E-state index in [1.165, 1.54) is 23.0 Å². The number of amides is 1. The first-order valence-electron chi connectivity index (χ1n) is 6.50. The molecule has 22 heavy (non-hydrogen) atoms. The summed E-state index contributed by atoms with van der Waals surface area (Å²) in [6.07, 6.45) is 4.82. The molecule has 8 heteroatoms. The lowest BCUT2D eigenvalue weighted by Gasteiger charge is -2.04. The molecule has 7 nitrogen and oxygen atoms in total. The van der Waals surface area contributed by atoms with Crippen molar-refractivity contribution >= 4 is 11.7 Å². The number of imidazole rings is 1. The largest absolute Gasteiger partial charge is 0.333 e. The van der Waals surface area contributed by atoms with Gasteiger partial charge in [-0.05, 0) is 12.1 Å². The maximum atomic E-state index is 13.6. The maximum Gasteiger partial charge on any atom is 0.278 e. The third-order valence-corrected chi connectivity index (χ3v) is 3.15. The summed E-state index contributed by atoms with van der Waals surface area (Å²) >= 11 is 0. The van der Waals surface area contributed by atoms with Gasteiger partial charge in [0.25, 0.3) is 5.91 Å². The van der Waals surface area contributed by atoms with E-state index in [-0.39, 0.29) is 5.69 Å². The number of rotatable bonds is 3. The molecule has 3 rings (SSSR count). The molecule has 112 valence electrons. The maximum absolute atomic E-state index is 13.6. The molecule has 3 aromatic heterocycles. The third kappa shape index (κ3) is 2.46. The van der Waals surface area contributed by atoms with Crippen LogP contribution in [-0.2, 0) is 14.1 Å². The SMILES string of the molecule is Cn1ccnc1-c1cc(NC(=O)c2ncccc2F)n(C)n1. The van der Waals surface area contributed by atoms with Crippen LogP contribution in [0.1, 0.15) is 10.5 Å². The topological polar surface area (TPSA) is 77.6 Å². The Balaban J connectivity index is 1.88. The van der Waals surface area contributed by atoms with Crippen molar-refractivity contribution in [2.75, 3.05) is 5.32 Å². The molecule has 0 radical (unpaired) electrons. The second kappa shape index (κ2) is 5.40. The van der Waals surface area contributed by atoms with E-state index in [1.54, 1.807) is 25.5 Å². The smallest absolute Gasteiger partial charge is 0.278 e. The average molecular weight is 300 g/mol. The number of nitrogens with one attached hydrogen (secondary N) is 1. The van der Waals surface area contributed by atoms with Crippen molar-refractivity contribution in [2.45, 2.75) is 0 Å². The van der Waals surface area contributed by atoms with E-state index in [9.17, 15) is 9.18 Å². The summed E-state index contributed by atoms with van der Waals surface area (Å²) in [5.74, 6) is -0.216. The highest BCUT2D eigenvalue weighted by atomic mass is 19.1. The van der Waals surface area contributed by atoms with Gasteiger partial charge in [-0.15, -0.1) is 0 Å². The second-order valence-corrected chi connectivity index (χ2v) is 4.69. The molecule has 0 aromatic carbocycles. The number of carbonyl (C=O) groups is 1. The van der Waals surface area contributed by atoms with E-state index < -0.39 is 11.7 Å². The van der Waals surface area contributed by atoms with Gasteiger partial charge in [-0.1, -0.05) is 0 Å². The molecule has 0 saturated carbocycles.